The van der Waals surface area contributed by atoms with Crippen molar-refractivity contribution in [3.63, 3.8) is 0 Å². The van der Waals surface area contributed by atoms with Crippen LogP contribution in [-0.2, 0) is 0 Å². The second-order valence-electron chi connectivity index (χ2n) is 4.93. The summed E-state index contributed by atoms with van der Waals surface area (Å²) in [4.78, 5) is 0. The molecule has 1 aliphatic heterocycles. The summed E-state index contributed by atoms with van der Waals surface area (Å²) in [5, 5.41) is 3.45. The van der Waals surface area contributed by atoms with Gasteiger partial charge in [-0.2, -0.15) is 0 Å². The quantitative estimate of drug-likeness (QED) is 0.775. The van der Waals surface area contributed by atoms with E-state index in [9.17, 15) is 0 Å². The standard InChI is InChI=1S/C14H19N/c1-2-4-14(12-7-9-15-10-8-12)13(3-1)11-5-6-11/h1-4,11-12,15H,5-10H2. The summed E-state index contributed by atoms with van der Waals surface area (Å²) in [5.41, 5.74) is 3.31. The van der Waals surface area contributed by atoms with Crippen LogP contribution in [0.5, 0.6) is 0 Å². The van der Waals surface area contributed by atoms with E-state index in [1.807, 2.05) is 0 Å². The molecule has 1 heterocycles. The van der Waals surface area contributed by atoms with Crippen molar-refractivity contribution < 1.29 is 0 Å². The third-order valence-corrected chi connectivity index (χ3v) is 3.79. The number of benzene rings is 1. The highest BCUT2D eigenvalue weighted by Crippen LogP contribution is 2.44. The highest BCUT2D eigenvalue weighted by molar-refractivity contribution is 5.36. The second-order valence-corrected chi connectivity index (χ2v) is 4.93. The van der Waals surface area contributed by atoms with Crippen LogP contribution in [0.3, 0.4) is 0 Å². The van der Waals surface area contributed by atoms with Crippen molar-refractivity contribution in [2.75, 3.05) is 13.1 Å². The minimum Gasteiger partial charge on any atom is -0.317 e. The van der Waals surface area contributed by atoms with Crippen LogP contribution in [0.1, 0.15) is 48.6 Å². The van der Waals surface area contributed by atoms with Gasteiger partial charge in [-0.1, -0.05) is 24.3 Å². The van der Waals surface area contributed by atoms with Crippen molar-refractivity contribution in [3.8, 4) is 0 Å². The predicted molar refractivity (Wildman–Crippen MR) is 63.3 cm³/mol. The van der Waals surface area contributed by atoms with Crippen LogP contribution in [0.25, 0.3) is 0 Å². The van der Waals surface area contributed by atoms with Gasteiger partial charge in [0.15, 0.2) is 0 Å². The first kappa shape index (κ1) is 9.41. The fraction of sp³-hybridized carbons (Fsp3) is 0.571. The molecule has 0 aromatic heterocycles. The maximum absolute atomic E-state index is 3.45. The first-order valence-electron chi connectivity index (χ1n) is 6.24. The first-order valence-corrected chi connectivity index (χ1v) is 6.24. The lowest BCUT2D eigenvalue weighted by Gasteiger charge is -2.25. The van der Waals surface area contributed by atoms with Crippen molar-refractivity contribution in [1.29, 1.82) is 0 Å². The van der Waals surface area contributed by atoms with Gasteiger partial charge in [-0.3, -0.25) is 0 Å². The maximum atomic E-state index is 3.45. The largest absolute Gasteiger partial charge is 0.317 e. The molecule has 1 aromatic rings. The molecule has 1 aromatic carbocycles. The number of piperidine rings is 1. The Balaban J connectivity index is 1.88. The Morgan fingerprint density at radius 1 is 0.800 bits per heavy atom. The molecule has 0 unspecified atom stereocenters. The van der Waals surface area contributed by atoms with Crippen LogP contribution in [0.4, 0.5) is 0 Å². The van der Waals surface area contributed by atoms with E-state index >= 15 is 0 Å². The molecule has 0 bridgehead atoms. The molecule has 1 saturated carbocycles. The molecule has 0 atom stereocenters. The van der Waals surface area contributed by atoms with Gasteiger partial charge in [0.1, 0.15) is 0 Å². The minimum absolute atomic E-state index is 0.822. The Bertz CT molecular complexity index is 335. The molecular formula is C14H19N. The number of nitrogens with one attached hydrogen (secondary N) is 1. The van der Waals surface area contributed by atoms with Gasteiger partial charge in [0.2, 0.25) is 0 Å². The van der Waals surface area contributed by atoms with E-state index < -0.39 is 0 Å². The molecule has 1 heteroatoms. The fourth-order valence-corrected chi connectivity index (χ4v) is 2.78. The Morgan fingerprint density at radius 2 is 1.33 bits per heavy atom. The third kappa shape index (κ3) is 1.93. The van der Waals surface area contributed by atoms with Crippen LogP contribution in [0.2, 0.25) is 0 Å². The van der Waals surface area contributed by atoms with E-state index in [0.29, 0.717) is 0 Å². The molecule has 80 valence electrons. The summed E-state index contributed by atoms with van der Waals surface area (Å²) in [6.45, 7) is 2.40. The summed E-state index contributed by atoms with van der Waals surface area (Å²) in [5.74, 6) is 1.72. The summed E-state index contributed by atoms with van der Waals surface area (Å²) in [7, 11) is 0. The topological polar surface area (TPSA) is 12.0 Å². The average molecular weight is 201 g/mol. The molecule has 1 aliphatic carbocycles. The maximum Gasteiger partial charge on any atom is -0.00431 e. The van der Waals surface area contributed by atoms with Crippen molar-refractivity contribution >= 4 is 0 Å². The molecule has 1 nitrogen and oxygen atoms in total. The van der Waals surface area contributed by atoms with Gasteiger partial charge in [0, 0.05) is 0 Å². The molecule has 0 radical (unpaired) electrons. The zero-order chi connectivity index (χ0) is 10.1. The van der Waals surface area contributed by atoms with E-state index in [1.165, 1.54) is 38.8 Å². The summed E-state index contributed by atoms with van der Waals surface area (Å²) >= 11 is 0. The van der Waals surface area contributed by atoms with Crippen molar-refractivity contribution in [2.45, 2.75) is 37.5 Å². The highest BCUT2D eigenvalue weighted by Gasteiger charge is 2.28. The summed E-state index contributed by atoms with van der Waals surface area (Å²) in [6.07, 6.45) is 5.48. The van der Waals surface area contributed by atoms with Crippen molar-refractivity contribution in [2.24, 2.45) is 0 Å². The minimum atomic E-state index is 0.822. The van der Waals surface area contributed by atoms with Gasteiger partial charge < -0.3 is 5.32 Å². The Morgan fingerprint density at radius 3 is 1.87 bits per heavy atom. The molecule has 1 saturated heterocycles. The molecule has 2 fully saturated rings. The van der Waals surface area contributed by atoms with E-state index in [0.717, 1.165) is 11.8 Å². The predicted octanol–water partition coefficient (Wildman–Crippen LogP) is 3.03. The number of hydrogen-bond acceptors (Lipinski definition) is 1. The molecule has 0 spiro atoms. The highest BCUT2D eigenvalue weighted by atomic mass is 14.9. The molecule has 3 rings (SSSR count). The monoisotopic (exact) mass is 201 g/mol. The molecule has 1 N–H and O–H groups in total. The van der Waals surface area contributed by atoms with E-state index in [1.54, 1.807) is 11.1 Å². The van der Waals surface area contributed by atoms with E-state index in [-0.39, 0.29) is 0 Å². The van der Waals surface area contributed by atoms with E-state index in [4.69, 9.17) is 0 Å². The van der Waals surface area contributed by atoms with Crippen LogP contribution in [0.15, 0.2) is 24.3 Å². The van der Waals surface area contributed by atoms with Gasteiger partial charge in [-0.05, 0) is 61.7 Å². The lowest BCUT2D eigenvalue weighted by atomic mass is 9.86. The Kier molecular flexibility index (Phi) is 2.49. The SMILES string of the molecule is c1ccc(C2CC2)c(C2CCNCC2)c1. The zero-order valence-corrected chi connectivity index (χ0v) is 9.21. The van der Waals surface area contributed by atoms with E-state index in [2.05, 4.69) is 29.6 Å². The van der Waals surface area contributed by atoms with Crippen molar-refractivity contribution in [3.05, 3.63) is 35.4 Å². The number of rotatable bonds is 2. The molecular weight excluding hydrogens is 182 g/mol. The van der Waals surface area contributed by atoms with Crippen LogP contribution in [-0.4, -0.2) is 13.1 Å². The zero-order valence-electron chi connectivity index (χ0n) is 9.21. The van der Waals surface area contributed by atoms with Crippen LogP contribution in [0, 0.1) is 0 Å². The van der Waals surface area contributed by atoms with Crippen molar-refractivity contribution in [1.82, 2.24) is 5.32 Å². The molecule has 0 amide bonds. The third-order valence-electron chi connectivity index (χ3n) is 3.79. The summed E-state index contributed by atoms with van der Waals surface area (Å²) < 4.78 is 0. The first-order chi connectivity index (χ1) is 7.45. The van der Waals surface area contributed by atoms with Gasteiger partial charge in [0.25, 0.3) is 0 Å². The van der Waals surface area contributed by atoms with Gasteiger partial charge >= 0.3 is 0 Å². The van der Waals surface area contributed by atoms with Gasteiger partial charge in [0.05, 0.1) is 0 Å². The Hall–Kier alpha value is -0.820. The summed E-state index contributed by atoms with van der Waals surface area (Å²) in [6, 6.07) is 9.14. The number of hydrogen-bond donors (Lipinski definition) is 1. The molecule has 15 heavy (non-hydrogen) atoms. The van der Waals surface area contributed by atoms with Gasteiger partial charge in [-0.15, -0.1) is 0 Å². The fourth-order valence-electron chi connectivity index (χ4n) is 2.78. The lowest BCUT2D eigenvalue weighted by molar-refractivity contribution is 0.458. The van der Waals surface area contributed by atoms with Gasteiger partial charge in [-0.25, -0.2) is 0 Å². The Labute approximate surface area is 91.9 Å². The molecule has 2 aliphatic rings. The average Bonchev–Trinajstić information content (AvgIpc) is 3.14. The lowest BCUT2D eigenvalue weighted by Crippen LogP contribution is -2.27. The van der Waals surface area contributed by atoms with Crippen LogP contribution >= 0.6 is 0 Å². The second kappa shape index (κ2) is 3.97. The van der Waals surface area contributed by atoms with Crippen LogP contribution < -0.4 is 5.32 Å². The smallest absolute Gasteiger partial charge is 0.00431 e. The normalized spacial score (nSPS) is 22.9.